The Morgan fingerprint density at radius 1 is 1.52 bits per heavy atom. The average Bonchev–Trinajstić information content (AvgIpc) is 3.01. The maximum atomic E-state index is 12.3. The first kappa shape index (κ1) is 13.7. The highest BCUT2D eigenvalue weighted by Crippen LogP contribution is 2.38. The summed E-state index contributed by atoms with van der Waals surface area (Å²) in [5.74, 6) is -0.0585. The molecule has 1 saturated carbocycles. The van der Waals surface area contributed by atoms with Crippen molar-refractivity contribution in [3.63, 3.8) is 0 Å². The number of aliphatic hydroxyl groups excluding tert-OH is 1. The van der Waals surface area contributed by atoms with Crippen molar-refractivity contribution in [3.8, 4) is 0 Å². The minimum atomic E-state index is -0.278. The molecule has 0 unspecified atom stereocenters. The summed E-state index contributed by atoms with van der Waals surface area (Å²) in [6.07, 6.45) is 4.70. The quantitative estimate of drug-likeness (QED) is 0.739. The van der Waals surface area contributed by atoms with Gasteiger partial charge in [0.25, 0.3) is 5.91 Å². The van der Waals surface area contributed by atoms with Gasteiger partial charge in [-0.3, -0.25) is 9.48 Å². The number of H-pyrrole nitrogens is 1. The average molecular weight is 290 g/mol. The van der Waals surface area contributed by atoms with Gasteiger partial charge in [0.15, 0.2) is 5.69 Å². The first-order valence-electron chi connectivity index (χ1n) is 6.89. The molecule has 0 spiro atoms. The molecule has 0 bridgehead atoms. The summed E-state index contributed by atoms with van der Waals surface area (Å²) in [6.45, 7) is 1.73. The van der Waals surface area contributed by atoms with Gasteiger partial charge in [-0.05, 0) is 25.7 Å². The van der Waals surface area contributed by atoms with Crippen LogP contribution in [-0.4, -0.2) is 42.3 Å². The highest BCUT2D eigenvalue weighted by Gasteiger charge is 2.36. The Hall–Kier alpha value is -2.22. The van der Waals surface area contributed by atoms with E-state index in [4.69, 9.17) is 0 Å². The summed E-state index contributed by atoms with van der Waals surface area (Å²) in [7, 11) is 1.83. The lowest BCUT2D eigenvalue weighted by molar-refractivity contribution is 0.0234. The number of carbonyl (C=O) groups excluding carboxylic acids is 1. The van der Waals surface area contributed by atoms with E-state index in [9.17, 15) is 9.90 Å². The van der Waals surface area contributed by atoms with Crippen LogP contribution >= 0.6 is 0 Å². The maximum Gasteiger partial charge on any atom is 0.274 e. The molecular formula is C13H18N6O2. The van der Waals surface area contributed by atoms with E-state index in [-0.39, 0.29) is 24.0 Å². The minimum Gasteiger partial charge on any atom is -0.393 e. The van der Waals surface area contributed by atoms with Crippen LogP contribution in [0.1, 0.15) is 40.6 Å². The summed E-state index contributed by atoms with van der Waals surface area (Å²) < 4.78 is 1.70. The molecule has 0 aliphatic heterocycles. The van der Waals surface area contributed by atoms with Crippen LogP contribution in [0.15, 0.2) is 12.4 Å². The third-order valence-corrected chi connectivity index (χ3v) is 3.93. The first-order valence-corrected chi connectivity index (χ1v) is 6.89. The molecule has 21 heavy (non-hydrogen) atoms. The summed E-state index contributed by atoms with van der Waals surface area (Å²) in [5, 5.41) is 26.8. The lowest BCUT2D eigenvalue weighted by Crippen LogP contribution is -2.41. The van der Waals surface area contributed by atoms with Crippen molar-refractivity contribution in [3.05, 3.63) is 29.3 Å². The Kier molecular flexibility index (Phi) is 3.46. The van der Waals surface area contributed by atoms with Gasteiger partial charge in [-0.1, -0.05) is 0 Å². The van der Waals surface area contributed by atoms with E-state index < -0.39 is 0 Å². The van der Waals surface area contributed by atoms with Crippen molar-refractivity contribution in [2.24, 2.45) is 13.0 Å². The van der Waals surface area contributed by atoms with Gasteiger partial charge >= 0.3 is 0 Å². The number of nitrogens with one attached hydrogen (secondary N) is 2. The first-order chi connectivity index (χ1) is 10.0. The van der Waals surface area contributed by atoms with E-state index in [1.54, 1.807) is 17.8 Å². The second-order valence-corrected chi connectivity index (χ2v) is 5.54. The van der Waals surface area contributed by atoms with Gasteiger partial charge in [0.05, 0.1) is 24.0 Å². The molecule has 1 aliphatic carbocycles. The molecule has 0 saturated heterocycles. The second-order valence-electron chi connectivity index (χ2n) is 5.54. The van der Waals surface area contributed by atoms with Crippen LogP contribution < -0.4 is 5.32 Å². The molecular weight excluding hydrogens is 272 g/mol. The van der Waals surface area contributed by atoms with Crippen LogP contribution in [0.2, 0.25) is 0 Å². The molecule has 8 heteroatoms. The Bertz CT molecular complexity index is 643. The Labute approximate surface area is 121 Å². The number of aliphatic hydroxyl groups is 1. The Morgan fingerprint density at radius 3 is 2.81 bits per heavy atom. The van der Waals surface area contributed by atoms with Crippen molar-refractivity contribution < 1.29 is 9.90 Å². The Balaban J connectivity index is 1.79. The molecule has 1 fully saturated rings. The normalized spacial score (nSPS) is 22.6. The zero-order valence-electron chi connectivity index (χ0n) is 11.9. The molecule has 3 rings (SSSR count). The van der Waals surface area contributed by atoms with E-state index in [0.717, 1.165) is 5.56 Å². The van der Waals surface area contributed by atoms with E-state index in [0.29, 0.717) is 24.2 Å². The lowest BCUT2D eigenvalue weighted by atomic mass is 9.75. The molecule has 2 heterocycles. The summed E-state index contributed by atoms with van der Waals surface area (Å²) in [4.78, 5) is 12.3. The van der Waals surface area contributed by atoms with Crippen LogP contribution in [0.3, 0.4) is 0 Å². The number of hydrogen-bond donors (Lipinski definition) is 3. The molecule has 3 N–H and O–H groups in total. The zero-order chi connectivity index (χ0) is 15.0. The van der Waals surface area contributed by atoms with Crippen LogP contribution in [0.5, 0.6) is 0 Å². The molecule has 1 atom stereocenters. The van der Waals surface area contributed by atoms with Crippen LogP contribution in [0, 0.1) is 12.8 Å². The minimum absolute atomic E-state index is 0.175. The van der Waals surface area contributed by atoms with Gasteiger partial charge in [0.2, 0.25) is 0 Å². The summed E-state index contributed by atoms with van der Waals surface area (Å²) in [5.41, 5.74) is 1.79. The van der Waals surface area contributed by atoms with Gasteiger partial charge in [-0.25, -0.2) is 0 Å². The van der Waals surface area contributed by atoms with Gasteiger partial charge in [0.1, 0.15) is 0 Å². The lowest BCUT2D eigenvalue weighted by Gasteiger charge is -2.37. The van der Waals surface area contributed by atoms with Crippen LogP contribution in [-0.2, 0) is 7.05 Å². The number of aryl methyl sites for hydroxylation is 2. The van der Waals surface area contributed by atoms with Gasteiger partial charge in [-0.15, -0.1) is 0 Å². The van der Waals surface area contributed by atoms with Crippen molar-refractivity contribution in [1.29, 1.82) is 0 Å². The topological polar surface area (TPSA) is 109 Å². The molecule has 2 aromatic heterocycles. The molecule has 1 aliphatic rings. The van der Waals surface area contributed by atoms with Crippen molar-refractivity contribution >= 4 is 5.91 Å². The standard InChI is InChI=1S/C13H18N6O2/c1-7-11(17-18-16-7)13(21)15-12(8-3-10(20)4-8)9-5-14-19(2)6-9/h5-6,8,10,12,20H,3-4H2,1-2H3,(H,15,21)(H,16,17,18)/t8?,10?,12-/m0/s1. The number of amides is 1. The van der Waals surface area contributed by atoms with Crippen molar-refractivity contribution in [1.82, 2.24) is 30.5 Å². The van der Waals surface area contributed by atoms with Gasteiger partial charge < -0.3 is 10.4 Å². The van der Waals surface area contributed by atoms with Crippen LogP contribution in [0.4, 0.5) is 0 Å². The second kappa shape index (κ2) is 5.28. The fourth-order valence-electron chi connectivity index (χ4n) is 2.68. The number of nitrogens with zero attached hydrogens (tertiary/aromatic N) is 4. The van der Waals surface area contributed by atoms with Crippen molar-refractivity contribution in [2.45, 2.75) is 31.9 Å². The van der Waals surface area contributed by atoms with E-state index in [1.165, 1.54) is 0 Å². The highest BCUT2D eigenvalue weighted by molar-refractivity contribution is 5.93. The zero-order valence-corrected chi connectivity index (χ0v) is 11.9. The molecule has 0 aromatic carbocycles. The molecule has 8 nitrogen and oxygen atoms in total. The number of hydrogen-bond acceptors (Lipinski definition) is 5. The maximum absolute atomic E-state index is 12.3. The predicted molar refractivity (Wildman–Crippen MR) is 73.3 cm³/mol. The number of aromatic amines is 1. The number of aromatic nitrogens is 5. The third-order valence-electron chi connectivity index (χ3n) is 3.93. The fraction of sp³-hybridized carbons (Fsp3) is 0.538. The monoisotopic (exact) mass is 290 g/mol. The molecule has 0 radical (unpaired) electrons. The van der Waals surface area contributed by atoms with Gasteiger partial charge in [0, 0.05) is 18.8 Å². The molecule has 112 valence electrons. The fourth-order valence-corrected chi connectivity index (χ4v) is 2.68. The smallest absolute Gasteiger partial charge is 0.274 e. The van der Waals surface area contributed by atoms with Crippen molar-refractivity contribution in [2.75, 3.05) is 0 Å². The van der Waals surface area contributed by atoms with E-state index in [1.807, 2.05) is 13.2 Å². The predicted octanol–water partition coefficient (Wildman–Crippen LogP) is 0.0886. The Morgan fingerprint density at radius 2 is 2.29 bits per heavy atom. The van der Waals surface area contributed by atoms with Crippen LogP contribution in [0.25, 0.3) is 0 Å². The summed E-state index contributed by atoms with van der Waals surface area (Å²) >= 11 is 0. The molecule has 1 amide bonds. The summed E-state index contributed by atoms with van der Waals surface area (Å²) in [6, 6.07) is -0.175. The highest BCUT2D eigenvalue weighted by atomic mass is 16.3. The molecule has 2 aromatic rings. The van der Waals surface area contributed by atoms with Gasteiger partial charge in [-0.2, -0.15) is 20.5 Å². The van der Waals surface area contributed by atoms with E-state index >= 15 is 0 Å². The third kappa shape index (κ3) is 2.66. The largest absolute Gasteiger partial charge is 0.393 e. The number of rotatable bonds is 4. The van der Waals surface area contributed by atoms with E-state index in [2.05, 4.69) is 25.8 Å². The SMILES string of the molecule is Cc1n[nH]nc1C(=O)N[C@H](c1cnn(C)c1)C1CC(O)C1. The number of carbonyl (C=O) groups is 1.